The highest BCUT2D eigenvalue weighted by Gasteiger charge is 2.28. The lowest BCUT2D eigenvalue weighted by Crippen LogP contribution is -2.17. The second kappa shape index (κ2) is 7.75. The Kier molecular flexibility index (Phi) is 5.14. The molecule has 0 aliphatic heterocycles. The first-order chi connectivity index (χ1) is 13.9. The molecule has 1 aliphatic rings. The molecule has 0 heterocycles. The summed E-state index contributed by atoms with van der Waals surface area (Å²) in [5, 5.41) is 1.88. The maximum atomic E-state index is 12.4. The lowest BCUT2D eigenvalue weighted by molar-refractivity contribution is -0.130. The molecule has 29 heavy (non-hydrogen) atoms. The molecule has 0 radical (unpaired) electrons. The third-order valence-electron chi connectivity index (χ3n) is 5.52. The minimum absolute atomic E-state index is 0.385. The Morgan fingerprint density at radius 3 is 2.52 bits per heavy atom. The number of aryl methyl sites for hydroxylation is 1. The zero-order chi connectivity index (χ0) is 20.5. The Balaban J connectivity index is 1.98. The largest absolute Gasteiger partial charge is 0.456 e. The van der Waals surface area contributed by atoms with Crippen molar-refractivity contribution in [2.45, 2.75) is 40.0 Å². The van der Waals surface area contributed by atoms with Crippen LogP contribution in [0.2, 0.25) is 0 Å². The molecule has 1 aliphatic carbocycles. The number of fused-ring (bicyclic) bond motifs is 2. The molecule has 0 spiro atoms. The van der Waals surface area contributed by atoms with Gasteiger partial charge in [-0.3, -0.25) is 0 Å². The van der Waals surface area contributed by atoms with Gasteiger partial charge in [0.25, 0.3) is 0 Å². The monoisotopic (exact) mass is 386 g/mol. The van der Waals surface area contributed by atoms with E-state index in [-0.39, 0.29) is 5.97 Å². The first kappa shape index (κ1) is 19.3. The van der Waals surface area contributed by atoms with Crippen molar-refractivity contribution in [2.75, 3.05) is 0 Å². The highest BCUT2D eigenvalue weighted by molar-refractivity contribution is 6.00. The SMILES string of the molecule is C=C(C)C(=O)Oc1c2c(c(Oc3ccccc3)c3cc(C)ccc13)CCC(C)C2. The summed E-state index contributed by atoms with van der Waals surface area (Å²) in [5.41, 5.74) is 3.76. The van der Waals surface area contributed by atoms with Crippen molar-refractivity contribution in [1.29, 1.82) is 0 Å². The van der Waals surface area contributed by atoms with Crippen molar-refractivity contribution in [2.24, 2.45) is 5.92 Å². The molecule has 0 aromatic heterocycles. The van der Waals surface area contributed by atoms with Crippen LogP contribution in [0.5, 0.6) is 17.2 Å². The molecular weight excluding hydrogens is 360 g/mol. The molecule has 0 saturated carbocycles. The molecule has 3 aromatic rings. The Morgan fingerprint density at radius 1 is 1.03 bits per heavy atom. The van der Waals surface area contributed by atoms with Gasteiger partial charge in [-0.05, 0) is 57.2 Å². The van der Waals surface area contributed by atoms with E-state index in [1.54, 1.807) is 6.92 Å². The van der Waals surface area contributed by atoms with Gasteiger partial charge in [-0.1, -0.05) is 49.4 Å². The van der Waals surface area contributed by atoms with Crippen LogP contribution in [0.15, 0.2) is 60.7 Å². The summed E-state index contributed by atoms with van der Waals surface area (Å²) in [4.78, 5) is 12.4. The standard InChI is InChI=1S/C26H26O3/c1-16(2)26(27)29-25-21-13-11-17(3)14-22(21)24(28-19-8-6-5-7-9-19)20-12-10-18(4)15-23(20)25/h5-9,11,13-14,18H,1,10,12,15H2,2-4H3. The summed E-state index contributed by atoms with van der Waals surface area (Å²) >= 11 is 0. The van der Waals surface area contributed by atoms with Crippen LogP contribution in [0.25, 0.3) is 10.8 Å². The number of carbonyl (C=O) groups is 1. The number of ether oxygens (including phenoxy) is 2. The summed E-state index contributed by atoms with van der Waals surface area (Å²) < 4.78 is 12.3. The number of rotatable bonds is 4. The van der Waals surface area contributed by atoms with Gasteiger partial charge in [0, 0.05) is 27.5 Å². The first-order valence-corrected chi connectivity index (χ1v) is 10.1. The van der Waals surface area contributed by atoms with E-state index < -0.39 is 0 Å². The number of benzene rings is 3. The van der Waals surface area contributed by atoms with E-state index in [1.807, 2.05) is 42.5 Å². The second-order valence-electron chi connectivity index (χ2n) is 8.10. The van der Waals surface area contributed by atoms with Gasteiger partial charge in [0.15, 0.2) is 0 Å². The van der Waals surface area contributed by atoms with E-state index in [2.05, 4.69) is 26.5 Å². The fraction of sp³-hybridized carbons (Fsp3) is 0.269. The Hall–Kier alpha value is -3.07. The van der Waals surface area contributed by atoms with Crippen molar-refractivity contribution < 1.29 is 14.3 Å². The molecule has 0 amide bonds. The average molecular weight is 386 g/mol. The number of hydrogen-bond donors (Lipinski definition) is 0. The van der Waals surface area contributed by atoms with Gasteiger partial charge in [-0.15, -0.1) is 0 Å². The smallest absolute Gasteiger partial charge is 0.338 e. The third-order valence-corrected chi connectivity index (χ3v) is 5.52. The normalized spacial score (nSPS) is 15.6. The van der Waals surface area contributed by atoms with E-state index in [1.165, 1.54) is 0 Å². The van der Waals surface area contributed by atoms with E-state index in [0.717, 1.165) is 58.2 Å². The maximum absolute atomic E-state index is 12.4. The Morgan fingerprint density at radius 2 is 1.79 bits per heavy atom. The molecule has 1 atom stereocenters. The van der Waals surface area contributed by atoms with Gasteiger partial charge in [0.1, 0.15) is 17.2 Å². The van der Waals surface area contributed by atoms with Crippen molar-refractivity contribution in [3.05, 3.63) is 77.4 Å². The number of carbonyl (C=O) groups excluding carboxylic acids is 1. The molecule has 1 unspecified atom stereocenters. The van der Waals surface area contributed by atoms with E-state index in [9.17, 15) is 4.79 Å². The minimum atomic E-state index is -0.385. The predicted octanol–water partition coefficient (Wildman–Crippen LogP) is 6.55. The van der Waals surface area contributed by atoms with Crippen molar-refractivity contribution in [1.82, 2.24) is 0 Å². The van der Waals surface area contributed by atoms with Crippen molar-refractivity contribution in [3.63, 3.8) is 0 Å². The van der Waals surface area contributed by atoms with Gasteiger partial charge in [-0.2, -0.15) is 0 Å². The Bertz CT molecular complexity index is 1100. The van der Waals surface area contributed by atoms with Gasteiger partial charge >= 0.3 is 5.97 Å². The fourth-order valence-electron chi connectivity index (χ4n) is 3.98. The van der Waals surface area contributed by atoms with Crippen LogP contribution in [0.4, 0.5) is 0 Å². The zero-order valence-electron chi connectivity index (χ0n) is 17.2. The van der Waals surface area contributed by atoms with Crippen LogP contribution >= 0.6 is 0 Å². The van der Waals surface area contributed by atoms with E-state index in [4.69, 9.17) is 9.47 Å². The van der Waals surface area contributed by atoms with Gasteiger partial charge in [-0.25, -0.2) is 4.79 Å². The van der Waals surface area contributed by atoms with Crippen LogP contribution in [0.1, 0.15) is 37.0 Å². The van der Waals surface area contributed by atoms with Gasteiger partial charge in [0.2, 0.25) is 0 Å². The van der Waals surface area contributed by atoms with Crippen LogP contribution < -0.4 is 9.47 Å². The molecule has 4 rings (SSSR count). The average Bonchev–Trinajstić information content (AvgIpc) is 2.71. The zero-order valence-corrected chi connectivity index (χ0v) is 17.2. The van der Waals surface area contributed by atoms with Gasteiger partial charge in [0.05, 0.1) is 0 Å². The molecule has 0 saturated heterocycles. The van der Waals surface area contributed by atoms with Crippen molar-refractivity contribution >= 4 is 16.7 Å². The lowest BCUT2D eigenvalue weighted by atomic mass is 9.82. The minimum Gasteiger partial charge on any atom is -0.456 e. The maximum Gasteiger partial charge on any atom is 0.338 e. The topological polar surface area (TPSA) is 35.5 Å². The highest BCUT2D eigenvalue weighted by Crippen LogP contribution is 2.46. The highest BCUT2D eigenvalue weighted by atomic mass is 16.5. The summed E-state index contributed by atoms with van der Waals surface area (Å²) in [6.07, 6.45) is 2.85. The van der Waals surface area contributed by atoms with E-state index >= 15 is 0 Å². The molecule has 0 bridgehead atoms. The lowest BCUT2D eigenvalue weighted by Gasteiger charge is -2.28. The summed E-state index contributed by atoms with van der Waals surface area (Å²) in [7, 11) is 0. The van der Waals surface area contributed by atoms with Crippen molar-refractivity contribution in [3.8, 4) is 17.2 Å². The molecule has 0 fully saturated rings. The second-order valence-corrected chi connectivity index (χ2v) is 8.10. The number of esters is 1. The Labute approximate surface area is 172 Å². The molecule has 3 nitrogen and oxygen atoms in total. The molecular formula is C26H26O3. The molecule has 3 aromatic carbocycles. The van der Waals surface area contributed by atoms with Crippen LogP contribution in [-0.4, -0.2) is 5.97 Å². The summed E-state index contributed by atoms with van der Waals surface area (Å²) in [6, 6.07) is 16.1. The van der Waals surface area contributed by atoms with Crippen LogP contribution in [0, 0.1) is 12.8 Å². The fourth-order valence-corrected chi connectivity index (χ4v) is 3.98. The van der Waals surface area contributed by atoms with E-state index in [0.29, 0.717) is 17.2 Å². The third kappa shape index (κ3) is 3.77. The number of hydrogen-bond acceptors (Lipinski definition) is 3. The summed E-state index contributed by atoms with van der Waals surface area (Å²) in [5.74, 6) is 2.49. The van der Waals surface area contributed by atoms with Gasteiger partial charge < -0.3 is 9.47 Å². The molecule has 3 heteroatoms. The summed E-state index contributed by atoms with van der Waals surface area (Å²) in [6.45, 7) is 9.73. The molecule has 0 N–H and O–H groups in total. The van der Waals surface area contributed by atoms with Crippen LogP contribution in [-0.2, 0) is 17.6 Å². The first-order valence-electron chi connectivity index (χ1n) is 10.1. The molecule has 148 valence electrons. The van der Waals surface area contributed by atoms with Crippen LogP contribution in [0.3, 0.4) is 0 Å². The predicted molar refractivity (Wildman–Crippen MR) is 117 cm³/mol. The quantitative estimate of drug-likeness (QED) is 0.290. The number of para-hydroxylation sites is 1.